The highest BCUT2D eigenvalue weighted by molar-refractivity contribution is 8.00. The molecule has 0 amide bonds. The molecule has 2 fully saturated rings. The Hall–Kier alpha value is -1.16. The summed E-state index contributed by atoms with van der Waals surface area (Å²) < 4.78 is 0.240. The lowest BCUT2D eigenvalue weighted by atomic mass is 10.1. The van der Waals surface area contributed by atoms with Gasteiger partial charge in [-0.1, -0.05) is 30.5 Å². The molecule has 0 heterocycles. The third-order valence-corrected chi connectivity index (χ3v) is 6.33. The number of rotatable bonds is 5. The fourth-order valence-electron chi connectivity index (χ4n) is 3.15. The predicted molar refractivity (Wildman–Crippen MR) is 95.5 cm³/mol. The molecule has 0 saturated heterocycles. The van der Waals surface area contributed by atoms with Crippen molar-refractivity contribution >= 4 is 17.7 Å². The highest BCUT2D eigenvalue weighted by atomic mass is 32.2. The molecule has 1 aromatic carbocycles. The number of guanidine groups is 1. The van der Waals surface area contributed by atoms with Crippen molar-refractivity contribution in [3.05, 3.63) is 29.8 Å². The third-order valence-electron chi connectivity index (χ3n) is 4.86. The zero-order chi connectivity index (χ0) is 15.6. The minimum Gasteiger partial charge on any atom is -0.370 e. The van der Waals surface area contributed by atoms with Gasteiger partial charge in [0.05, 0.1) is 6.54 Å². The molecule has 0 unspecified atom stereocenters. The number of benzene rings is 1. The number of thioether (sulfide) groups is 1. The standard InChI is InChI=1S/C18H27N3S/c1-14-5-9-16(10-6-14)22-18(11-3-4-12-18)13-20-17(19)21(2)15-7-8-15/h5-6,9-10,15H,3-4,7-8,11-13H2,1-2H3,(H2,19,20). The van der Waals surface area contributed by atoms with Gasteiger partial charge < -0.3 is 10.6 Å². The van der Waals surface area contributed by atoms with Gasteiger partial charge in [-0.2, -0.15) is 0 Å². The first kappa shape index (κ1) is 15.7. The fourth-order valence-corrected chi connectivity index (χ4v) is 4.55. The van der Waals surface area contributed by atoms with Crippen LogP contribution in [0.5, 0.6) is 0 Å². The Morgan fingerprint density at radius 1 is 1.27 bits per heavy atom. The molecule has 22 heavy (non-hydrogen) atoms. The highest BCUT2D eigenvalue weighted by Gasteiger charge is 2.35. The van der Waals surface area contributed by atoms with Gasteiger partial charge in [-0.05, 0) is 44.7 Å². The number of nitrogens with two attached hydrogens (primary N) is 1. The fraction of sp³-hybridized carbons (Fsp3) is 0.611. The van der Waals surface area contributed by atoms with Crippen molar-refractivity contribution in [3.63, 3.8) is 0 Å². The second-order valence-electron chi connectivity index (χ2n) is 6.82. The van der Waals surface area contributed by atoms with Crippen LogP contribution >= 0.6 is 11.8 Å². The molecule has 0 aliphatic heterocycles. The molecule has 0 radical (unpaired) electrons. The second kappa shape index (κ2) is 6.53. The van der Waals surface area contributed by atoms with E-state index in [0.29, 0.717) is 6.04 Å². The van der Waals surface area contributed by atoms with Gasteiger partial charge in [0, 0.05) is 22.7 Å². The van der Waals surface area contributed by atoms with Crippen molar-refractivity contribution in [3.8, 4) is 0 Å². The monoisotopic (exact) mass is 317 g/mol. The number of hydrogen-bond acceptors (Lipinski definition) is 2. The minimum atomic E-state index is 0.240. The highest BCUT2D eigenvalue weighted by Crippen LogP contribution is 2.45. The minimum absolute atomic E-state index is 0.240. The van der Waals surface area contributed by atoms with Crippen LogP contribution in [-0.4, -0.2) is 35.2 Å². The molecule has 0 atom stereocenters. The summed E-state index contributed by atoms with van der Waals surface area (Å²) in [4.78, 5) is 8.26. The summed E-state index contributed by atoms with van der Waals surface area (Å²) in [6.07, 6.45) is 7.64. The molecule has 1 aromatic rings. The molecule has 2 N–H and O–H groups in total. The van der Waals surface area contributed by atoms with Crippen LogP contribution in [0, 0.1) is 6.92 Å². The molecule has 120 valence electrons. The van der Waals surface area contributed by atoms with Gasteiger partial charge in [0.2, 0.25) is 0 Å². The van der Waals surface area contributed by atoms with Gasteiger partial charge in [-0.3, -0.25) is 4.99 Å². The van der Waals surface area contributed by atoms with Crippen LogP contribution in [0.15, 0.2) is 34.2 Å². The summed E-state index contributed by atoms with van der Waals surface area (Å²) in [6, 6.07) is 9.51. The van der Waals surface area contributed by atoms with Crippen LogP contribution in [0.4, 0.5) is 0 Å². The van der Waals surface area contributed by atoms with Gasteiger partial charge in [0.25, 0.3) is 0 Å². The Bertz CT molecular complexity index is 528. The smallest absolute Gasteiger partial charge is 0.191 e. The molecule has 3 nitrogen and oxygen atoms in total. The quantitative estimate of drug-likeness (QED) is 0.663. The van der Waals surface area contributed by atoms with E-state index in [1.807, 2.05) is 11.8 Å². The molecular weight excluding hydrogens is 290 g/mol. The first-order valence-corrected chi connectivity index (χ1v) is 9.18. The molecule has 4 heteroatoms. The first-order valence-electron chi connectivity index (χ1n) is 8.36. The van der Waals surface area contributed by atoms with Crippen molar-refractivity contribution in [2.75, 3.05) is 13.6 Å². The second-order valence-corrected chi connectivity index (χ2v) is 8.36. The molecule has 2 saturated carbocycles. The number of nitrogens with zero attached hydrogens (tertiary/aromatic N) is 2. The van der Waals surface area contributed by atoms with E-state index in [4.69, 9.17) is 10.7 Å². The maximum absolute atomic E-state index is 6.18. The molecule has 0 aromatic heterocycles. The van der Waals surface area contributed by atoms with Crippen LogP contribution in [0.2, 0.25) is 0 Å². The number of aryl methyl sites for hydroxylation is 1. The van der Waals surface area contributed by atoms with E-state index in [2.05, 4.69) is 43.1 Å². The van der Waals surface area contributed by atoms with Gasteiger partial charge in [0.1, 0.15) is 0 Å². The first-order chi connectivity index (χ1) is 10.6. The summed E-state index contributed by atoms with van der Waals surface area (Å²) in [6.45, 7) is 2.98. The van der Waals surface area contributed by atoms with Crippen LogP contribution < -0.4 is 5.73 Å². The Kier molecular flexibility index (Phi) is 4.67. The summed E-state index contributed by atoms with van der Waals surface area (Å²) in [5.41, 5.74) is 7.49. The summed E-state index contributed by atoms with van der Waals surface area (Å²) >= 11 is 2.00. The molecular formula is C18H27N3S. The topological polar surface area (TPSA) is 41.6 Å². The van der Waals surface area contributed by atoms with Gasteiger partial charge in [-0.25, -0.2) is 0 Å². The zero-order valence-electron chi connectivity index (χ0n) is 13.7. The average Bonchev–Trinajstić information content (AvgIpc) is 3.27. The van der Waals surface area contributed by atoms with Crippen molar-refractivity contribution in [1.82, 2.24) is 4.90 Å². The average molecular weight is 318 g/mol. The lowest BCUT2D eigenvalue weighted by Crippen LogP contribution is -2.37. The van der Waals surface area contributed by atoms with Crippen LogP contribution in [0.3, 0.4) is 0 Å². The number of aliphatic imine (C=N–C) groups is 1. The third kappa shape index (κ3) is 3.78. The van der Waals surface area contributed by atoms with E-state index in [-0.39, 0.29) is 4.75 Å². The molecule has 2 aliphatic carbocycles. The molecule has 0 bridgehead atoms. The lowest BCUT2D eigenvalue weighted by molar-refractivity contribution is 0.484. The van der Waals surface area contributed by atoms with Crippen LogP contribution in [-0.2, 0) is 0 Å². The van der Waals surface area contributed by atoms with Crippen molar-refractivity contribution in [1.29, 1.82) is 0 Å². The Balaban J connectivity index is 1.68. The predicted octanol–water partition coefficient (Wildman–Crippen LogP) is 3.81. The number of hydrogen-bond donors (Lipinski definition) is 1. The lowest BCUT2D eigenvalue weighted by Gasteiger charge is -2.27. The van der Waals surface area contributed by atoms with E-state index in [9.17, 15) is 0 Å². The van der Waals surface area contributed by atoms with Gasteiger partial charge >= 0.3 is 0 Å². The largest absolute Gasteiger partial charge is 0.370 e. The van der Waals surface area contributed by atoms with Crippen LogP contribution in [0.25, 0.3) is 0 Å². The van der Waals surface area contributed by atoms with E-state index in [0.717, 1.165) is 12.5 Å². The zero-order valence-corrected chi connectivity index (χ0v) is 14.5. The van der Waals surface area contributed by atoms with Crippen molar-refractivity contribution < 1.29 is 0 Å². The van der Waals surface area contributed by atoms with E-state index >= 15 is 0 Å². The van der Waals surface area contributed by atoms with E-state index < -0.39 is 0 Å². The van der Waals surface area contributed by atoms with E-state index in [1.165, 1.54) is 49.0 Å². The van der Waals surface area contributed by atoms with Crippen LogP contribution in [0.1, 0.15) is 44.1 Å². The summed E-state index contributed by atoms with van der Waals surface area (Å²) in [7, 11) is 2.07. The van der Waals surface area contributed by atoms with Crippen molar-refractivity contribution in [2.45, 2.75) is 61.1 Å². The Labute approximate surface area is 138 Å². The SMILES string of the molecule is Cc1ccc(SC2(CN=C(N)N(C)C3CC3)CCCC2)cc1. The summed E-state index contributed by atoms with van der Waals surface area (Å²) in [5, 5.41) is 0. The Morgan fingerprint density at radius 2 is 1.91 bits per heavy atom. The Morgan fingerprint density at radius 3 is 2.50 bits per heavy atom. The van der Waals surface area contributed by atoms with E-state index in [1.54, 1.807) is 0 Å². The molecule has 2 aliphatic rings. The maximum Gasteiger partial charge on any atom is 0.191 e. The van der Waals surface area contributed by atoms with Gasteiger partial charge in [-0.15, -0.1) is 11.8 Å². The van der Waals surface area contributed by atoms with Crippen molar-refractivity contribution in [2.24, 2.45) is 10.7 Å². The van der Waals surface area contributed by atoms with Gasteiger partial charge in [0.15, 0.2) is 5.96 Å². The normalized spacial score (nSPS) is 21.1. The maximum atomic E-state index is 6.18. The summed E-state index contributed by atoms with van der Waals surface area (Å²) in [5.74, 6) is 0.721. The molecule has 0 spiro atoms. The molecule has 3 rings (SSSR count).